The second-order valence-electron chi connectivity index (χ2n) is 8.45. The number of rotatable bonds is 7. The number of thiazole rings is 1. The van der Waals surface area contributed by atoms with Crippen LogP contribution >= 0.6 is 27.3 Å². The quantitative estimate of drug-likeness (QED) is 0.323. The first-order valence-corrected chi connectivity index (χ1v) is 13.1. The van der Waals surface area contributed by atoms with E-state index in [-0.39, 0.29) is 5.91 Å². The van der Waals surface area contributed by atoms with E-state index in [4.69, 9.17) is 10.8 Å². The molecule has 0 unspecified atom stereocenters. The fourth-order valence-corrected chi connectivity index (χ4v) is 5.51. The Morgan fingerprint density at radius 3 is 2.22 bits per heavy atom. The maximum Gasteiger partial charge on any atom is 0.259 e. The Kier molecular flexibility index (Phi) is 6.95. The van der Waals surface area contributed by atoms with Crippen LogP contribution in [0.5, 0.6) is 0 Å². The first kappa shape index (κ1) is 24.6. The van der Waals surface area contributed by atoms with E-state index < -0.39 is 23.7 Å². The molecule has 2 N–H and O–H groups in total. The van der Waals surface area contributed by atoms with Gasteiger partial charge in [0.1, 0.15) is 5.92 Å². The fraction of sp³-hybridized carbons (Fsp3) is 0.107. The number of benzene rings is 3. The standard InChI is InChI=1S/C28H20BrN5O2S/c29-20-13-11-18(12-14-20)23(21(15-30)26(31)35)24-25(19-9-5-2-6-10-19)33-34(27(24)36)28-32-22(16-37-28)17-7-3-1-4-8-17/h1-14,16,21,23-24H,(H2,31,35)/t21-,23-,24-/m0/s1. The molecule has 4 aromatic rings. The van der Waals surface area contributed by atoms with E-state index in [2.05, 4.69) is 20.9 Å². The van der Waals surface area contributed by atoms with Crippen LogP contribution in [0.15, 0.2) is 99.9 Å². The highest BCUT2D eigenvalue weighted by molar-refractivity contribution is 9.10. The third-order valence-electron chi connectivity index (χ3n) is 6.21. The minimum Gasteiger partial charge on any atom is -0.369 e. The van der Waals surface area contributed by atoms with E-state index in [1.807, 2.05) is 72.1 Å². The van der Waals surface area contributed by atoms with Crippen LogP contribution in [-0.4, -0.2) is 22.5 Å². The number of anilines is 1. The topological polar surface area (TPSA) is 112 Å². The monoisotopic (exact) mass is 569 g/mol. The molecule has 0 fully saturated rings. The summed E-state index contributed by atoms with van der Waals surface area (Å²) in [4.78, 5) is 31.2. The molecule has 7 nitrogen and oxygen atoms in total. The predicted octanol–water partition coefficient (Wildman–Crippen LogP) is 5.35. The zero-order valence-corrected chi connectivity index (χ0v) is 21.8. The Bertz CT molecular complexity index is 1510. The van der Waals surface area contributed by atoms with E-state index in [1.165, 1.54) is 16.3 Å². The van der Waals surface area contributed by atoms with Gasteiger partial charge in [0, 0.05) is 21.3 Å². The summed E-state index contributed by atoms with van der Waals surface area (Å²) in [6.07, 6.45) is 0. The Morgan fingerprint density at radius 2 is 1.62 bits per heavy atom. The molecular formula is C28H20BrN5O2S. The van der Waals surface area contributed by atoms with E-state index >= 15 is 0 Å². The molecule has 3 aromatic carbocycles. The number of nitrogens with two attached hydrogens (primary N) is 1. The molecular weight excluding hydrogens is 550 g/mol. The van der Waals surface area contributed by atoms with Crippen LogP contribution in [0, 0.1) is 23.2 Å². The van der Waals surface area contributed by atoms with E-state index in [9.17, 15) is 14.9 Å². The molecule has 0 bridgehead atoms. The third kappa shape index (κ3) is 4.81. The molecule has 2 heterocycles. The van der Waals surface area contributed by atoms with Gasteiger partial charge < -0.3 is 5.73 Å². The molecule has 5 rings (SSSR count). The summed E-state index contributed by atoms with van der Waals surface area (Å²) in [5.41, 5.74) is 9.14. The van der Waals surface area contributed by atoms with Crippen molar-refractivity contribution in [2.45, 2.75) is 5.92 Å². The SMILES string of the molecule is N#C[C@H](C(N)=O)[C@H](c1ccc(Br)cc1)[C@@H]1C(=O)N(c2nc(-c3ccccc3)cs2)N=C1c1ccccc1. The lowest BCUT2D eigenvalue weighted by atomic mass is 9.73. The van der Waals surface area contributed by atoms with Crippen molar-refractivity contribution in [3.63, 3.8) is 0 Å². The number of amides is 2. The lowest BCUT2D eigenvalue weighted by Crippen LogP contribution is -2.39. The molecule has 1 aliphatic rings. The van der Waals surface area contributed by atoms with Crippen LogP contribution in [0.4, 0.5) is 5.13 Å². The van der Waals surface area contributed by atoms with Gasteiger partial charge in [-0.1, -0.05) is 88.7 Å². The molecule has 182 valence electrons. The lowest BCUT2D eigenvalue weighted by molar-refractivity contribution is -0.123. The van der Waals surface area contributed by atoms with Crippen molar-refractivity contribution in [1.29, 1.82) is 5.26 Å². The van der Waals surface area contributed by atoms with Crippen LogP contribution < -0.4 is 10.7 Å². The molecule has 1 aliphatic heterocycles. The summed E-state index contributed by atoms with van der Waals surface area (Å²) in [7, 11) is 0. The number of nitrogens with zero attached hydrogens (tertiary/aromatic N) is 4. The van der Waals surface area contributed by atoms with Crippen LogP contribution in [0.25, 0.3) is 11.3 Å². The van der Waals surface area contributed by atoms with Gasteiger partial charge in [-0.25, -0.2) is 4.98 Å². The van der Waals surface area contributed by atoms with Crippen molar-refractivity contribution in [3.8, 4) is 17.3 Å². The lowest BCUT2D eigenvalue weighted by Gasteiger charge is -2.26. The summed E-state index contributed by atoms with van der Waals surface area (Å²) in [5, 5.41) is 18.2. The Balaban J connectivity index is 1.63. The van der Waals surface area contributed by atoms with Crippen LogP contribution in [0.2, 0.25) is 0 Å². The third-order valence-corrected chi connectivity index (χ3v) is 7.55. The molecule has 0 saturated heterocycles. The molecule has 0 radical (unpaired) electrons. The number of hydrazone groups is 1. The van der Waals surface area contributed by atoms with Crippen molar-refractivity contribution in [2.75, 3.05) is 5.01 Å². The Labute approximate surface area is 226 Å². The van der Waals surface area contributed by atoms with Gasteiger partial charge in [-0.2, -0.15) is 15.4 Å². The molecule has 0 aliphatic carbocycles. The summed E-state index contributed by atoms with van der Waals surface area (Å²) < 4.78 is 0.829. The largest absolute Gasteiger partial charge is 0.369 e. The van der Waals surface area contributed by atoms with Gasteiger partial charge in [-0.05, 0) is 23.3 Å². The summed E-state index contributed by atoms with van der Waals surface area (Å²) in [6, 6.07) is 28.2. The van der Waals surface area contributed by atoms with Crippen LogP contribution in [0.1, 0.15) is 17.0 Å². The smallest absolute Gasteiger partial charge is 0.259 e. The number of carbonyl (C=O) groups is 2. The van der Waals surface area contributed by atoms with Crippen LogP contribution in [0.3, 0.4) is 0 Å². The maximum atomic E-state index is 14.1. The van der Waals surface area contributed by atoms with Crippen molar-refractivity contribution in [2.24, 2.45) is 22.7 Å². The second-order valence-corrected chi connectivity index (χ2v) is 10.2. The molecule has 2 amide bonds. The summed E-state index contributed by atoms with van der Waals surface area (Å²) >= 11 is 4.72. The minimum atomic E-state index is -1.25. The number of hydrogen-bond acceptors (Lipinski definition) is 6. The number of hydrogen-bond donors (Lipinski definition) is 1. The van der Waals surface area contributed by atoms with E-state index in [0.717, 1.165) is 15.7 Å². The first-order chi connectivity index (χ1) is 18.0. The minimum absolute atomic E-state index is 0.373. The molecule has 3 atom stereocenters. The zero-order chi connectivity index (χ0) is 25.9. The second kappa shape index (κ2) is 10.5. The molecule has 0 spiro atoms. The fourth-order valence-electron chi connectivity index (χ4n) is 4.46. The van der Waals surface area contributed by atoms with Crippen molar-refractivity contribution in [1.82, 2.24) is 4.98 Å². The molecule has 37 heavy (non-hydrogen) atoms. The Hall–Kier alpha value is -4.13. The molecule has 1 aromatic heterocycles. The van der Waals surface area contributed by atoms with Crippen molar-refractivity contribution >= 4 is 49.9 Å². The Morgan fingerprint density at radius 1 is 1.00 bits per heavy atom. The number of aromatic nitrogens is 1. The summed E-state index contributed by atoms with van der Waals surface area (Å²) in [6.45, 7) is 0. The van der Waals surface area contributed by atoms with Crippen molar-refractivity contribution in [3.05, 3.63) is 106 Å². The van der Waals surface area contributed by atoms with Gasteiger partial charge >= 0.3 is 0 Å². The van der Waals surface area contributed by atoms with Gasteiger partial charge in [-0.3, -0.25) is 9.59 Å². The van der Waals surface area contributed by atoms with Crippen molar-refractivity contribution < 1.29 is 9.59 Å². The average Bonchev–Trinajstić information content (AvgIpc) is 3.54. The van der Waals surface area contributed by atoms with Gasteiger partial charge in [0.15, 0.2) is 0 Å². The van der Waals surface area contributed by atoms with Gasteiger partial charge in [-0.15, -0.1) is 11.3 Å². The normalized spacial score (nSPS) is 16.6. The number of carbonyl (C=O) groups excluding carboxylic acids is 2. The highest BCUT2D eigenvalue weighted by Crippen LogP contribution is 2.41. The molecule has 9 heteroatoms. The zero-order valence-electron chi connectivity index (χ0n) is 19.4. The number of halogens is 1. The average molecular weight is 570 g/mol. The van der Waals surface area contributed by atoms with Gasteiger partial charge in [0.05, 0.1) is 23.4 Å². The van der Waals surface area contributed by atoms with E-state index in [1.54, 1.807) is 24.3 Å². The maximum absolute atomic E-state index is 14.1. The van der Waals surface area contributed by atoms with Gasteiger partial charge in [0.2, 0.25) is 11.0 Å². The number of nitriles is 1. The number of primary amides is 1. The van der Waals surface area contributed by atoms with Gasteiger partial charge in [0.25, 0.3) is 5.91 Å². The first-order valence-electron chi connectivity index (χ1n) is 11.4. The summed E-state index contributed by atoms with van der Waals surface area (Å²) in [5.74, 6) is -4.19. The predicted molar refractivity (Wildman–Crippen MR) is 147 cm³/mol. The molecule has 0 saturated carbocycles. The highest BCUT2D eigenvalue weighted by atomic mass is 79.9. The highest BCUT2D eigenvalue weighted by Gasteiger charge is 2.48. The van der Waals surface area contributed by atoms with Crippen LogP contribution in [-0.2, 0) is 9.59 Å². The van der Waals surface area contributed by atoms with E-state index in [0.29, 0.717) is 22.0 Å².